The molecule has 0 aliphatic carbocycles. The average molecular weight is 350 g/mol. The average Bonchev–Trinajstić information content (AvgIpc) is 3.26. The van der Waals surface area contributed by atoms with Gasteiger partial charge in [0.25, 0.3) is 5.91 Å². The molecule has 4 rings (SSSR count). The van der Waals surface area contributed by atoms with Crippen LogP contribution in [0.1, 0.15) is 28.4 Å². The second-order valence-corrected chi connectivity index (χ2v) is 6.71. The summed E-state index contributed by atoms with van der Waals surface area (Å²) in [5, 5.41) is 7.73. The lowest BCUT2D eigenvalue weighted by Crippen LogP contribution is -2.27. The largest absolute Gasteiger partial charge is 0.350 e. The van der Waals surface area contributed by atoms with Gasteiger partial charge in [-0.2, -0.15) is 5.10 Å². The minimum Gasteiger partial charge on any atom is -0.350 e. The lowest BCUT2D eigenvalue weighted by molar-refractivity contribution is 0.0952. The molecule has 3 aromatic rings. The molecule has 1 atom stereocenters. The molecule has 134 valence electrons. The Bertz CT molecular complexity index is 907. The molecule has 0 unspecified atom stereocenters. The maximum atomic E-state index is 12.2. The van der Waals surface area contributed by atoms with Crippen LogP contribution in [0.25, 0.3) is 11.2 Å². The van der Waals surface area contributed by atoms with Crippen LogP contribution in [-0.2, 0) is 6.54 Å². The van der Waals surface area contributed by atoms with Crippen LogP contribution in [-0.4, -0.2) is 57.2 Å². The summed E-state index contributed by atoms with van der Waals surface area (Å²) in [5.74, 6) is 0.310. The van der Waals surface area contributed by atoms with Crippen LogP contribution >= 0.6 is 0 Å². The number of benzene rings is 1. The van der Waals surface area contributed by atoms with Gasteiger partial charge in [0.1, 0.15) is 5.52 Å². The Morgan fingerprint density at radius 1 is 1.23 bits per heavy atom. The molecule has 2 aromatic heterocycles. The highest BCUT2D eigenvalue weighted by Crippen LogP contribution is 2.29. The number of likely N-dealkylation sites (tertiary alicyclic amines) is 1. The van der Waals surface area contributed by atoms with Gasteiger partial charge in [-0.1, -0.05) is 18.2 Å². The molecule has 3 heterocycles. The van der Waals surface area contributed by atoms with Crippen molar-refractivity contribution in [1.82, 2.24) is 30.0 Å². The van der Waals surface area contributed by atoms with Crippen LogP contribution in [0.3, 0.4) is 0 Å². The van der Waals surface area contributed by atoms with E-state index in [1.165, 1.54) is 0 Å². The number of nitrogens with zero attached hydrogens (tertiary/aromatic N) is 5. The first-order valence-corrected chi connectivity index (χ1v) is 8.91. The van der Waals surface area contributed by atoms with Gasteiger partial charge in [0.2, 0.25) is 0 Å². The Morgan fingerprint density at radius 3 is 2.81 bits per heavy atom. The number of aromatic nitrogens is 4. The van der Waals surface area contributed by atoms with Crippen molar-refractivity contribution in [3.8, 4) is 0 Å². The van der Waals surface area contributed by atoms with Crippen LogP contribution in [0.2, 0.25) is 0 Å². The minimum absolute atomic E-state index is 0.0780. The fraction of sp³-hybridized carbons (Fsp3) is 0.368. The Hall–Kier alpha value is -2.80. The van der Waals surface area contributed by atoms with E-state index in [1.807, 2.05) is 22.9 Å². The molecular weight excluding hydrogens is 328 g/mol. The van der Waals surface area contributed by atoms with E-state index in [-0.39, 0.29) is 5.91 Å². The highest BCUT2D eigenvalue weighted by Gasteiger charge is 2.27. The summed E-state index contributed by atoms with van der Waals surface area (Å²) in [6.07, 6.45) is 4.49. The van der Waals surface area contributed by atoms with Gasteiger partial charge in [0, 0.05) is 37.0 Å². The lowest BCUT2D eigenvalue weighted by Gasteiger charge is -2.08. The highest BCUT2D eigenvalue weighted by atomic mass is 16.1. The van der Waals surface area contributed by atoms with E-state index in [4.69, 9.17) is 5.10 Å². The zero-order valence-electron chi connectivity index (χ0n) is 14.8. The van der Waals surface area contributed by atoms with E-state index in [2.05, 4.69) is 27.2 Å². The van der Waals surface area contributed by atoms with Gasteiger partial charge in [-0.25, -0.2) is 14.6 Å². The maximum Gasteiger partial charge on any atom is 0.251 e. The maximum absolute atomic E-state index is 12.2. The fourth-order valence-electron chi connectivity index (χ4n) is 3.48. The van der Waals surface area contributed by atoms with Crippen molar-refractivity contribution in [2.24, 2.45) is 0 Å². The SMILES string of the molecule is CN1CC[C@H](c2nn(CCNC(=O)c3ccccc3)c3nccnc23)C1. The van der Waals surface area contributed by atoms with E-state index < -0.39 is 0 Å². The zero-order valence-corrected chi connectivity index (χ0v) is 14.8. The first-order chi connectivity index (χ1) is 12.7. The van der Waals surface area contributed by atoms with E-state index in [0.717, 1.165) is 36.4 Å². The van der Waals surface area contributed by atoms with Crippen molar-refractivity contribution in [2.45, 2.75) is 18.9 Å². The van der Waals surface area contributed by atoms with Crippen molar-refractivity contribution in [1.29, 1.82) is 0 Å². The van der Waals surface area contributed by atoms with Gasteiger partial charge in [0.05, 0.1) is 12.2 Å². The summed E-state index contributed by atoms with van der Waals surface area (Å²) in [7, 11) is 2.13. The number of hydrogen-bond donors (Lipinski definition) is 1. The van der Waals surface area contributed by atoms with Gasteiger partial charge >= 0.3 is 0 Å². The Kier molecular flexibility index (Phi) is 4.62. The first kappa shape index (κ1) is 16.7. The number of rotatable bonds is 5. The summed E-state index contributed by atoms with van der Waals surface area (Å²) in [4.78, 5) is 23.5. The third kappa shape index (κ3) is 3.30. The van der Waals surface area contributed by atoms with Gasteiger partial charge in [-0.05, 0) is 32.1 Å². The Balaban J connectivity index is 1.49. The number of hydrogen-bond acceptors (Lipinski definition) is 5. The number of carbonyl (C=O) groups excluding carboxylic acids is 1. The summed E-state index contributed by atoms with van der Waals surface area (Å²) >= 11 is 0. The molecule has 0 radical (unpaired) electrons. The van der Waals surface area contributed by atoms with Crippen molar-refractivity contribution < 1.29 is 4.79 Å². The van der Waals surface area contributed by atoms with Crippen LogP contribution in [0.4, 0.5) is 0 Å². The molecule has 1 aromatic carbocycles. The molecule has 0 spiro atoms. The number of fused-ring (bicyclic) bond motifs is 1. The number of carbonyl (C=O) groups is 1. The van der Waals surface area contributed by atoms with Gasteiger partial charge in [-0.3, -0.25) is 4.79 Å². The molecule has 1 saturated heterocycles. The minimum atomic E-state index is -0.0780. The molecule has 7 nitrogen and oxygen atoms in total. The zero-order chi connectivity index (χ0) is 17.9. The first-order valence-electron chi connectivity index (χ1n) is 8.91. The molecule has 0 bridgehead atoms. The van der Waals surface area contributed by atoms with Crippen molar-refractivity contribution in [3.05, 3.63) is 54.0 Å². The van der Waals surface area contributed by atoms with Crippen LogP contribution in [0, 0.1) is 0 Å². The van der Waals surface area contributed by atoms with Crippen LogP contribution in [0.15, 0.2) is 42.7 Å². The third-order valence-electron chi connectivity index (χ3n) is 4.82. The molecule has 1 N–H and O–H groups in total. The number of nitrogens with one attached hydrogen (secondary N) is 1. The summed E-state index contributed by atoms with van der Waals surface area (Å²) in [6, 6.07) is 9.22. The lowest BCUT2D eigenvalue weighted by atomic mass is 10.0. The van der Waals surface area contributed by atoms with Crippen LogP contribution < -0.4 is 5.32 Å². The quantitative estimate of drug-likeness (QED) is 0.758. The van der Waals surface area contributed by atoms with E-state index in [1.54, 1.807) is 24.5 Å². The summed E-state index contributed by atoms with van der Waals surface area (Å²) < 4.78 is 1.86. The van der Waals surface area contributed by atoms with Crippen molar-refractivity contribution >= 4 is 17.1 Å². The third-order valence-corrected chi connectivity index (χ3v) is 4.82. The van der Waals surface area contributed by atoms with Crippen molar-refractivity contribution in [3.63, 3.8) is 0 Å². The predicted octanol–water partition coefficient (Wildman–Crippen LogP) is 1.68. The monoisotopic (exact) mass is 350 g/mol. The number of likely N-dealkylation sites (N-methyl/N-ethyl adjacent to an activating group) is 1. The molecule has 0 saturated carbocycles. The van der Waals surface area contributed by atoms with E-state index in [9.17, 15) is 4.79 Å². The van der Waals surface area contributed by atoms with Crippen LogP contribution in [0.5, 0.6) is 0 Å². The second kappa shape index (κ2) is 7.21. The molecular formula is C19H22N6O. The predicted molar refractivity (Wildman–Crippen MR) is 99.0 cm³/mol. The normalized spacial score (nSPS) is 17.7. The summed E-state index contributed by atoms with van der Waals surface area (Å²) in [6.45, 7) is 3.13. The Morgan fingerprint density at radius 2 is 2.04 bits per heavy atom. The van der Waals surface area contributed by atoms with Crippen molar-refractivity contribution in [2.75, 3.05) is 26.7 Å². The van der Waals surface area contributed by atoms with Gasteiger partial charge in [0.15, 0.2) is 5.65 Å². The number of amides is 1. The Labute approximate surface area is 152 Å². The fourth-order valence-corrected chi connectivity index (χ4v) is 3.48. The van der Waals surface area contributed by atoms with Gasteiger partial charge < -0.3 is 10.2 Å². The highest BCUT2D eigenvalue weighted by molar-refractivity contribution is 5.94. The standard InChI is InChI=1S/C19H22N6O/c1-24-11-7-15(13-24)16-17-18(21-9-8-20-17)25(23-16)12-10-22-19(26)14-5-3-2-4-6-14/h2-6,8-9,15H,7,10-13H2,1H3,(H,22,26)/t15-/m0/s1. The molecule has 1 aliphatic rings. The molecule has 7 heteroatoms. The summed E-state index contributed by atoms with van der Waals surface area (Å²) in [5.41, 5.74) is 3.34. The molecule has 26 heavy (non-hydrogen) atoms. The molecule has 1 amide bonds. The van der Waals surface area contributed by atoms with Gasteiger partial charge in [-0.15, -0.1) is 0 Å². The second-order valence-electron chi connectivity index (χ2n) is 6.71. The van der Waals surface area contributed by atoms with E-state index in [0.29, 0.717) is 24.6 Å². The van der Waals surface area contributed by atoms with E-state index >= 15 is 0 Å². The smallest absolute Gasteiger partial charge is 0.251 e. The topological polar surface area (TPSA) is 75.9 Å². The molecule has 1 aliphatic heterocycles. The molecule has 1 fully saturated rings.